The van der Waals surface area contributed by atoms with E-state index in [0.29, 0.717) is 6.42 Å². The molecule has 0 radical (unpaired) electrons. The van der Waals surface area contributed by atoms with Gasteiger partial charge in [-0.05, 0) is 39.5 Å². The van der Waals surface area contributed by atoms with E-state index in [0.717, 1.165) is 25.8 Å². The van der Waals surface area contributed by atoms with Crippen LogP contribution in [0.25, 0.3) is 0 Å². The maximum Gasteiger partial charge on any atom is 0.320 e. The lowest BCUT2D eigenvalue weighted by atomic mass is 10.1. The number of hydrogen-bond acceptors (Lipinski definition) is 3. The lowest BCUT2D eigenvalue weighted by molar-refractivity contribution is -0.137. The summed E-state index contributed by atoms with van der Waals surface area (Å²) in [7, 11) is 0. The number of carbonyl (C=O) groups is 2. The molecule has 1 atom stereocenters. The number of carboxylic acids is 1. The minimum Gasteiger partial charge on any atom is -0.481 e. The van der Waals surface area contributed by atoms with E-state index in [2.05, 4.69) is 0 Å². The summed E-state index contributed by atoms with van der Waals surface area (Å²) in [5.74, 6) is -0.887. The number of rotatable bonds is 7. The zero-order valence-electron chi connectivity index (χ0n) is 12.4. The molecule has 1 rings (SSSR count). The molecule has 20 heavy (non-hydrogen) atoms. The molecule has 0 aliphatic carbocycles. The highest BCUT2D eigenvalue weighted by atomic mass is 16.4. The van der Waals surface area contributed by atoms with Crippen LogP contribution in [0, 0.1) is 0 Å². The number of aliphatic hydroxyl groups excluding tert-OH is 1. The summed E-state index contributed by atoms with van der Waals surface area (Å²) in [4.78, 5) is 26.7. The Kier molecular flexibility index (Phi) is 6.78. The molecule has 6 nitrogen and oxygen atoms in total. The molecule has 0 aromatic heterocycles. The van der Waals surface area contributed by atoms with Crippen molar-refractivity contribution in [2.24, 2.45) is 0 Å². The Morgan fingerprint density at radius 1 is 1.40 bits per heavy atom. The van der Waals surface area contributed by atoms with Crippen molar-refractivity contribution in [3.05, 3.63) is 0 Å². The van der Waals surface area contributed by atoms with Crippen LogP contribution in [0.1, 0.15) is 46.0 Å². The van der Waals surface area contributed by atoms with Gasteiger partial charge in [0.2, 0.25) is 0 Å². The summed E-state index contributed by atoms with van der Waals surface area (Å²) in [6, 6.07) is 0.100. The van der Waals surface area contributed by atoms with Crippen molar-refractivity contribution in [1.82, 2.24) is 9.80 Å². The summed E-state index contributed by atoms with van der Waals surface area (Å²) < 4.78 is 0. The first-order valence-corrected chi connectivity index (χ1v) is 7.37. The zero-order chi connectivity index (χ0) is 15.1. The molecule has 1 aliphatic rings. The molecule has 0 saturated carbocycles. The van der Waals surface area contributed by atoms with Crippen molar-refractivity contribution < 1.29 is 19.8 Å². The van der Waals surface area contributed by atoms with Crippen molar-refractivity contribution in [2.75, 3.05) is 19.7 Å². The van der Waals surface area contributed by atoms with E-state index >= 15 is 0 Å². The van der Waals surface area contributed by atoms with Gasteiger partial charge in [-0.1, -0.05) is 0 Å². The quantitative estimate of drug-likeness (QED) is 0.743. The van der Waals surface area contributed by atoms with Crippen molar-refractivity contribution in [3.63, 3.8) is 0 Å². The van der Waals surface area contributed by atoms with E-state index in [1.54, 1.807) is 4.90 Å². The van der Waals surface area contributed by atoms with Crippen molar-refractivity contribution in [1.29, 1.82) is 0 Å². The third-order valence-corrected chi connectivity index (χ3v) is 3.75. The number of aliphatic hydroxyl groups is 1. The Morgan fingerprint density at radius 2 is 2.10 bits per heavy atom. The fourth-order valence-corrected chi connectivity index (χ4v) is 2.67. The number of carbonyl (C=O) groups excluding carboxylic acids is 1. The van der Waals surface area contributed by atoms with Crippen molar-refractivity contribution in [2.45, 2.75) is 58.0 Å². The van der Waals surface area contributed by atoms with Crippen molar-refractivity contribution in [3.8, 4) is 0 Å². The maximum atomic E-state index is 12.6. The van der Waals surface area contributed by atoms with E-state index in [4.69, 9.17) is 10.2 Å². The lowest BCUT2D eigenvalue weighted by Gasteiger charge is -2.34. The highest BCUT2D eigenvalue weighted by Gasteiger charge is 2.32. The molecule has 0 aromatic rings. The minimum absolute atomic E-state index is 0.0130. The van der Waals surface area contributed by atoms with Gasteiger partial charge in [0.05, 0.1) is 6.42 Å². The van der Waals surface area contributed by atoms with Gasteiger partial charge in [-0.15, -0.1) is 0 Å². The number of carboxylic acid groups (broad SMARTS) is 1. The number of likely N-dealkylation sites (tertiary alicyclic amines) is 1. The summed E-state index contributed by atoms with van der Waals surface area (Å²) in [5.41, 5.74) is 0. The van der Waals surface area contributed by atoms with Crippen molar-refractivity contribution >= 4 is 12.0 Å². The van der Waals surface area contributed by atoms with Gasteiger partial charge in [-0.25, -0.2) is 4.79 Å². The summed E-state index contributed by atoms with van der Waals surface area (Å²) in [5, 5.41) is 17.7. The molecule has 0 spiro atoms. The van der Waals surface area contributed by atoms with Gasteiger partial charge in [-0.3, -0.25) is 4.79 Å². The van der Waals surface area contributed by atoms with E-state index in [1.807, 2.05) is 18.7 Å². The third-order valence-electron chi connectivity index (χ3n) is 3.75. The molecule has 0 aromatic carbocycles. The van der Waals surface area contributed by atoms with Crippen LogP contribution in [-0.4, -0.2) is 63.8 Å². The molecular formula is C14H26N2O4. The first-order chi connectivity index (χ1) is 9.47. The van der Waals surface area contributed by atoms with Gasteiger partial charge >= 0.3 is 12.0 Å². The fourth-order valence-electron chi connectivity index (χ4n) is 2.67. The number of aliphatic carboxylic acids is 1. The van der Waals surface area contributed by atoms with E-state index in [1.165, 1.54) is 0 Å². The van der Waals surface area contributed by atoms with Crippen LogP contribution < -0.4 is 0 Å². The SMILES string of the molecule is CC(C)N(CCC(=O)O)C(=O)N1CCCC1CCCO. The average molecular weight is 286 g/mol. The monoisotopic (exact) mass is 286 g/mol. The van der Waals surface area contributed by atoms with Crippen LogP contribution in [0.5, 0.6) is 0 Å². The lowest BCUT2D eigenvalue weighted by Crippen LogP contribution is -2.49. The van der Waals surface area contributed by atoms with Gasteiger partial charge < -0.3 is 20.0 Å². The molecule has 1 fully saturated rings. The summed E-state index contributed by atoms with van der Waals surface area (Å²) >= 11 is 0. The van der Waals surface area contributed by atoms with Crippen LogP contribution in [0.2, 0.25) is 0 Å². The molecule has 116 valence electrons. The Hall–Kier alpha value is -1.30. The summed E-state index contributed by atoms with van der Waals surface area (Å²) in [6.45, 7) is 4.92. The van der Waals surface area contributed by atoms with Gasteiger partial charge in [0.25, 0.3) is 0 Å². The zero-order valence-corrected chi connectivity index (χ0v) is 12.4. The topological polar surface area (TPSA) is 81.1 Å². The molecule has 1 unspecified atom stereocenters. The molecule has 1 aliphatic heterocycles. The number of nitrogens with zero attached hydrogens (tertiary/aromatic N) is 2. The van der Waals surface area contributed by atoms with Gasteiger partial charge in [-0.2, -0.15) is 0 Å². The van der Waals surface area contributed by atoms with Crippen LogP contribution in [0.3, 0.4) is 0 Å². The van der Waals surface area contributed by atoms with Crippen LogP contribution in [0.4, 0.5) is 4.79 Å². The highest BCUT2D eigenvalue weighted by Crippen LogP contribution is 2.23. The summed E-state index contributed by atoms with van der Waals surface area (Å²) in [6.07, 6.45) is 3.43. The Balaban J connectivity index is 2.65. The molecule has 2 amide bonds. The van der Waals surface area contributed by atoms with E-state index in [-0.39, 0.29) is 37.7 Å². The maximum absolute atomic E-state index is 12.6. The second kappa shape index (κ2) is 8.09. The fraction of sp³-hybridized carbons (Fsp3) is 0.857. The predicted octanol–water partition coefficient (Wildman–Crippen LogP) is 1.53. The number of urea groups is 1. The second-order valence-electron chi connectivity index (χ2n) is 5.57. The highest BCUT2D eigenvalue weighted by molar-refractivity contribution is 5.76. The normalized spacial score (nSPS) is 18.6. The first-order valence-electron chi connectivity index (χ1n) is 7.37. The Bertz CT molecular complexity index is 333. The molecule has 6 heteroatoms. The number of amides is 2. The van der Waals surface area contributed by atoms with Gasteiger partial charge in [0, 0.05) is 31.8 Å². The van der Waals surface area contributed by atoms with Gasteiger partial charge in [0.1, 0.15) is 0 Å². The van der Waals surface area contributed by atoms with Crippen LogP contribution in [-0.2, 0) is 4.79 Å². The smallest absolute Gasteiger partial charge is 0.320 e. The molecule has 1 saturated heterocycles. The molecule has 0 bridgehead atoms. The number of hydrogen-bond donors (Lipinski definition) is 2. The van der Waals surface area contributed by atoms with Gasteiger partial charge in [0.15, 0.2) is 0 Å². The first kappa shape index (κ1) is 16.8. The Labute approximate surface area is 120 Å². The largest absolute Gasteiger partial charge is 0.481 e. The molecule has 2 N–H and O–H groups in total. The Morgan fingerprint density at radius 3 is 2.65 bits per heavy atom. The second-order valence-corrected chi connectivity index (χ2v) is 5.57. The molecular weight excluding hydrogens is 260 g/mol. The average Bonchev–Trinajstić information content (AvgIpc) is 2.83. The predicted molar refractivity (Wildman–Crippen MR) is 75.5 cm³/mol. The van der Waals surface area contributed by atoms with Crippen LogP contribution >= 0.6 is 0 Å². The van der Waals surface area contributed by atoms with Crippen LogP contribution in [0.15, 0.2) is 0 Å². The molecule has 1 heterocycles. The van der Waals surface area contributed by atoms with E-state index in [9.17, 15) is 9.59 Å². The third kappa shape index (κ3) is 4.67. The minimum atomic E-state index is -0.887. The standard InChI is InChI=1S/C14H26N2O4/c1-11(2)15(9-7-13(18)19)14(20)16-8-3-5-12(16)6-4-10-17/h11-12,17H,3-10H2,1-2H3,(H,18,19). The van der Waals surface area contributed by atoms with E-state index < -0.39 is 5.97 Å².